The number of ether oxygens (including phenoxy) is 1. The van der Waals surface area contributed by atoms with Gasteiger partial charge in [0.05, 0.1) is 6.54 Å². The van der Waals surface area contributed by atoms with Crippen molar-refractivity contribution in [2.24, 2.45) is 0 Å². The van der Waals surface area contributed by atoms with E-state index < -0.39 is 18.5 Å². The molecule has 8 nitrogen and oxygen atoms in total. The average Bonchev–Trinajstić information content (AvgIpc) is 2.77. The predicted molar refractivity (Wildman–Crippen MR) is 77.6 cm³/mol. The zero-order valence-electron chi connectivity index (χ0n) is 13.0. The van der Waals surface area contributed by atoms with Crippen LogP contribution >= 0.6 is 0 Å². The van der Waals surface area contributed by atoms with Gasteiger partial charge in [-0.1, -0.05) is 0 Å². The average molecular weight is 309 g/mol. The highest BCUT2D eigenvalue weighted by atomic mass is 16.5. The van der Waals surface area contributed by atoms with E-state index in [1.54, 1.807) is 13.8 Å². The molecule has 0 spiro atoms. The summed E-state index contributed by atoms with van der Waals surface area (Å²) in [6, 6.07) is 0. The van der Waals surface area contributed by atoms with Crippen molar-refractivity contribution in [3.8, 4) is 0 Å². The van der Waals surface area contributed by atoms with Gasteiger partial charge in [0, 0.05) is 18.3 Å². The molecule has 22 heavy (non-hydrogen) atoms. The number of aromatic nitrogens is 1. The predicted octanol–water partition coefficient (Wildman–Crippen LogP) is -0.147. The Morgan fingerprint density at radius 2 is 1.77 bits per heavy atom. The summed E-state index contributed by atoms with van der Waals surface area (Å²) >= 11 is 0. The van der Waals surface area contributed by atoms with Crippen LogP contribution in [-0.4, -0.2) is 48.8 Å². The lowest BCUT2D eigenvalue weighted by Crippen LogP contribution is -2.37. The maximum atomic E-state index is 11.9. The van der Waals surface area contributed by atoms with Crippen molar-refractivity contribution in [3.05, 3.63) is 22.5 Å². The Labute approximate surface area is 127 Å². The van der Waals surface area contributed by atoms with Gasteiger partial charge in [0.15, 0.2) is 12.4 Å². The van der Waals surface area contributed by atoms with E-state index in [0.29, 0.717) is 16.8 Å². The van der Waals surface area contributed by atoms with Crippen molar-refractivity contribution in [2.45, 2.75) is 20.8 Å². The van der Waals surface area contributed by atoms with Crippen molar-refractivity contribution < 1.29 is 23.9 Å². The van der Waals surface area contributed by atoms with E-state index in [1.165, 1.54) is 14.0 Å². The first-order chi connectivity index (χ1) is 10.3. The minimum absolute atomic E-state index is 0.141. The summed E-state index contributed by atoms with van der Waals surface area (Å²) in [6.45, 7) is 4.01. The molecule has 0 radical (unpaired) electrons. The smallest absolute Gasteiger partial charge is 0.355 e. The van der Waals surface area contributed by atoms with E-state index >= 15 is 0 Å². The number of esters is 1. The molecule has 0 aliphatic rings. The number of amides is 2. The Bertz CT molecular complexity index is 618. The second kappa shape index (κ2) is 7.39. The van der Waals surface area contributed by atoms with E-state index in [9.17, 15) is 19.2 Å². The van der Waals surface area contributed by atoms with Crippen molar-refractivity contribution >= 4 is 23.6 Å². The Morgan fingerprint density at radius 1 is 1.14 bits per heavy atom. The van der Waals surface area contributed by atoms with Crippen LogP contribution in [0.2, 0.25) is 0 Å². The van der Waals surface area contributed by atoms with Gasteiger partial charge in [-0.3, -0.25) is 14.4 Å². The standard InChI is InChI=1S/C14H19N3O5/c1-7-12(9(3)18)8(2)17-13(7)14(21)22-6-11(20)16-5-10(19)15-4/h17H,5-6H2,1-4H3,(H,15,19)(H,16,20). The number of likely N-dealkylation sites (N-methyl/N-ethyl adjacent to an activating group) is 1. The Morgan fingerprint density at radius 3 is 2.27 bits per heavy atom. The second-order valence-corrected chi connectivity index (χ2v) is 4.71. The first-order valence-corrected chi connectivity index (χ1v) is 6.62. The summed E-state index contributed by atoms with van der Waals surface area (Å²) in [5, 5.41) is 4.64. The summed E-state index contributed by atoms with van der Waals surface area (Å²) in [7, 11) is 1.44. The van der Waals surface area contributed by atoms with Gasteiger partial charge in [0.1, 0.15) is 5.69 Å². The number of hydrogen-bond acceptors (Lipinski definition) is 5. The largest absolute Gasteiger partial charge is 0.451 e. The van der Waals surface area contributed by atoms with Gasteiger partial charge in [0.25, 0.3) is 5.91 Å². The maximum absolute atomic E-state index is 11.9. The molecule has 0 aromatic carbocycles. The molecule has 0 unspecified atom stereocenters. The molecule has 0 atom stereocenters. The molecule has 1 heterocycles. The van der Waals surface area contributed by atoms with Gasteiger partial charge in [-0.05, 0) is 26.3 Å². The Hall–Kier alpha value is -2.64. The van der Waals surface area contributed by atoms with E-state index in [4.69, 9.17) is 4.74 Å². The molecule has 0 aliphatic carbocycles. The van der Waals surface area contributed by atoms with E-state index in [0.717, 1.165) is 0 Å². The number of ketones is 1. The molecule has 120 valence electrons. The fourth-order valence-electron chi connectivity index (χ4n) is 2.00. The van der Waals surface area contributed by atoms with E-state index in [1.807, 2.05) is 0 Å². The van der Waals surface area contributed by atoms with Crippen LogP contribution in [-0.2, 0) is 14.3 Å². The maximum Gasteiger partial charge on any atom is 0.355 e. The number of carbonyl (C=O) groups is 4. The number of rotatable bonds is 6. The Balaban J connectivity index is 2.63. The minimum Gasteiger partial charge on any atom is -0.451 e. The third-order valence-corrected chi connectivity index (χ3v) is 3.05. The van der Waals surface area contributed by atoms with Crippen LogP contribution in [0.1, 0.15) is 39.0 Å². The van der Waals surface area contributed by atoms with Crippen LogP contribution in [0.15, 0.2) is 0 Å². The molecule has 1 aromatic heterocycles. The molecule has 3 N–H and O–H groups in total. The number of H-pyrrole nitrogens is 1. The number of Topliss-reactive ketones (excluding diaryl/α,β-unsaturated/α-hetero) is 1. The minimum atomic E-state index is -0.733. The first kappa shape index (κ1) is 17.4. The SMILES string of the molecule is CNC(=O)CNC(=O)COC(=O)c1[nH]c(C)c(C(C)=O)c1C. The summed E-state index contributed by atoms with van der Waals surface area (Å²) in [5.41, 5.74) is 1.64. The molecule has 0 saturated carbocycles. The molecule has 1 aromatic rings. The molecule has 2 amide bonds. The zero-order chi connectivity index (χ0) is 16.9. The van der Waals surface area contributed by atoms with Crippen LogP contribution in [0.25, 0.3) is 0 Å². The third kappa shape index (κ3) is 4.18. The lowest BCUT2D eigenvalue weighted by molar-refractivity contribution is -0.127. The molecule has 0 saturated heterocycles. The number of hydrogen-bond donors (Lipinski definition) is 3. The highest BCUT2D eigenvalue weighted by Crippen LogP contribution is 2.19. The van der Waals surface area contributed by atoms with Gasteiger partial charge in [-0.25, -0.2) is 4.79 Å². The molecule has 0 bridgehead atoms. The van der Waals surface area contributed by atoms with Crippen molar-refractivity contribution in [3.63, 3.8) is 0 Å². The summed E-state index contributed by atoms with van der Waals surface area (Å²) < 4.78 is 4.86. The summed E-state index contributed by atoms with van der Waals surface area (Å²) in [4.78, 5) is 48.6. The topological polar surface area (TPSA) is 117 Å². The third-order valence-electron chi connectivity index (χ3n) is 3.05. The number of aromatic amines is 1. The second-order valence-electron chi connectivity index (χ2n) is 4.71. The number of carbonyl (C=O) groups excluding carboxylic acids is 4. The van der Waals surface area contributed by atoms with Crippen LogP contribution in [0, 0.1) is 13.8 Å². The van der Waals surface area contributed by atoms with Crippen LogP contribution in [0.4, 0.5) is 0 Å². The molecule has 0 aliphatic heterocycles. The zero-order valence-corrected chi connectivity index (χ0v) is 13.0. The van der Waals surface area contributed by atoms with Gasteiger partial charge in [0.2, 0.25) is 5.91 Å². The van der Waals surface area contributed by atoms with E-state index in [-0.39, 0.29) is 23.9 Å². The van der Waals surface area contributed by atoms with Crippen LogP contribution < -0.4 is 10.6 Å². The molecule has 1 rings (SSSR count). The molecule has 0 fully saturated rings. The van der Waals surface area contributed by atoms with Crippen molar-refractivity contribution in [1.82, 2.24) is 15.6 Å². The highest BCUT2D eigenvalue weighted by Gasteiger charge is 2.21. The monoisotopic (exact) mass is 309 g/mol. The highest BCUT2D eigenvalue weighted by molar-refractivity contribution is 6.01. The van der Waals surface area contributed by atoms with Gasteiger partial charge < -0.3 is 20.4 Å². The summed E-state index contributed by atoms with van der Waals surface area (Å²) in [5.74, 6) is -1.84. The normalized spacial score (nSPS) is 10.0. The van der Waals surface area contributed by atoms with Crippen LogP contribution in [0.3, 0.4) is 0 Å². The number of aryl methyl sites for hydroxylation is 1. The van der Waals surface area contributed by atoms with Crippen LogP contribution in [0.5, 0.6) is 0 Å². The molecular weight excluding hydrogens is 290 g/mol. The lowest BCUT2D eigenvalue weighted by atomic mass is 10.1. The van der Waals surface area contributed by atoms with Crippen molar-refractivity contribution in [1.29, 1.82) is 0 Å². The van der Waals surface area contributed by atoms with Gasteiger partial charge in [-0.2, -0.15) is 0 Å². The van der Waals surface area contributed by atoms with Gasteiger partial charge >= 0.3 is 5.97 Å². The number of nitrogens with one attached hydrogen (secondary N) is 3. The fraction of sp³-hybridized carbons (Fsp3) is 0.429. The Kier molecular flexibility index (Phi) is 5.85. The molecule has 8 heteroatoms. The molecular formula is C14H19N3O5. The van der Waals surface area contributed by atoms with Gasteiger partial charge in [-0.15, -0.1) is 0 Å². The fourth-order valence-corrected chi connectivity index (χ4v) is 2.00. The van der Waals surface area contributed by atoms with Crippen molar-refractivity contribution in [2.75, 3.05) is 20.2 Å². The summed E-state index contributed by atoms with van der Waals surface area (Å²) in [6.07, 6.45) is 0. The van der Waals surface area contributed by atoms with E-state index in [2.05, 4.69) is 15.6 Å². The quantitative estimate of drug-likeness (QED) is 0.499. The first-order valence-electron chi connectivity index (χ1n) is 6.62. The lowest BCUT2D eigenvalue weighted by Gasteiger charge is -2.06.